The minimum absolute atomic E-state index is 0. The van der Waals surface area contributed by atoms with E-state index < -0.39 is 11.9 Å². The van der Waals surface area contributed by atoms with Gasteiger partial charge in [-0.15, -0.1) is 10.2 Å². The normalized spacial score (nSPS) is 6.70. The Labute approximate surface area is 124 Å². The summed E-state index contributed by atoms with van der Waals surface area (Å²) in [4.78, 5) is 17.8. The van der Waals surface area contributed by atoms with Gasteiger partial charge in [0.25, 0.3) is 5.95 Å². The first-order valence-electron chi connectivity index (χ1n) is 4.26. The Kier molecular flexibility index (Phi) is 24.4. The molecule has 1 rings (SSSR count). The van der Waals surface area contributed by atoms with Crippen molar-refractivity contribution in [2.45, 2.75) is 13.8 Å². The molecule has 0 fully saturated rings. The van der Waals surface area contributed by atoms with Crippen molar-refractivity contribution in [3.63, 3.8) is 0 Å². The number of anilines is 1. The number of nitrogens with zero attached hydrogens (tertiary/aromatic N) is 4. The number of carbonyl (C=O) groups is 2. The van der Waals surface area contributed by atoms with Crippen LogP contribution in [0.25, 0.3) is 0 Å². The molecule has 0 amide bonds. The van der Waals surface area contributed by atoms with Crippen LogP contribution in [0.5, 0.6) is 0 Å². The van der Waals surface area contributed by atoms with Crippen LogP contribution in [0.4, 0.5) is 5.95 Å². The van der Waals surface area contributed by atoms with E-state index in [4.69, 9.17) is 37.0 Å². The number of hydrogen-bond donors (Lipinski definition) is 5. The molecule has 0 unspecified atom stereocenters. The van der Waals surface area contributed by atoms with Gasteiger partial charge in [0, 0.05) is 11.9 Å². The number of rotatable bonds is 0. The zero-order chi connectivity index (χ0) is 15.8. The van der Waals surface area contributed by atoms with Gasteiger partial charge in [0.1, 0.15) is 0 Å². The largest absolute Gasteiger partial charge is 2.00 e. The van der Waals surface area contributed by atoms with Gasteiger partial charge >= 0.3 is 17.1 Å². The average Bonchev–Trinajstić information content (AvgIpc) is 2.68. The van der Waals surface area contributed by atoms with Crippen LogP contribution in [0.2, 0.25) is 0 Å². The van der Waals surface area contributed by atoms with Gasteiger partial charge in [-0.3, -0.25) is 0 Å². The average molecular weight is 341 g/mol. The number of aromatic nitrogens is 4. The number of hydrogen-bond acceptors (Lipinski definition) is 10. The monoisotopic (exact) mass is 340 g/mol. The Balaban J connectivity index is -0.0000000856. The number of guanidine groups is 1. The van der Waals surface area contributed by atoms with Crippen molar-refractivity contribution in [3.8, 4) is 0 Å². The number of tetrazole rings is 1. The number of carboxylic acids is 2. The molecule has 0 spiro atoms. The number of H-pyrrole nitrogens is 1. The third-order valence-electron chi connectivity index (χ3n) is 0.511. The quantitative estimate of drug-likeness (QED) is 0.0977. The third-order valence-corrected chi connectivity index (χ3v) is 0.511. The molecule has 1 heterocycles. The fourth-order valence-corrected chi connectivity index (χ4v) is 0.170. The maximum absolute atomic E-state index is 8.89. The Morgan fingerprint density at radius 3 is 1.55 bits per heavy atom. The fraction of sp³-hybridized carbons (Fsp3) is 0.333. The van der Waals surface area contributed by atoms with Crippen LogP contribution < -0.4 is 33.3 Å². The molecule has 14 heteroatoms. The van der Waals surface area contributed by atoms with Crippen LogP contribution in [0, 0.1) is 0 Å². The number of hydrazone groups is 1. The summed E-state index contributed by atoms with van der Waals surface area (Å²) in [6.45, 7) is 1.94. The van der Waals surface area contributed by atoms with E-state index in [1.807, 2.05) is 0 Å². The molecule has 1 aromatic rings. The van der Waals surface area contributed by atoms with Crippen LogP contribution in [-0.4, -0.2) is 38.5 Å². The minimum Gasteiger partial charge on any atom is -0.550 e. The molecule has 9 N–H and O–H groups in total. The van der Waals surface area contributed by atoms with Gasteiger partial charge in [0.15, 0.2) is 0 Å². The maximum atomic E-state index is 8.89. The minimum atomic E-state index is -1.08. The summed E-state index contributed by atoms with van der Waals surface area (Å²) >= 11 is 0. The van der Waals surface area contributed by atoms with Crippen molar-refractivity contribution in [2.75, 3.05) is 5.73 Å². The molecule has 1 radical (unpaired) electrons. The van der Waals surface area contributed by atoms with Gasteiger partial charge < -0.3 is 42.8 Å². The first-order valence-corrected chi connectivity index (χ1v) is 4.26. The number of carboxylic acid groups (broad SMARTS) is 2. The van der Waals surface area contributed by atoms with Gasteiger partial charge in [-0.25, -0.2) is 0 Å². The van der Waals surface area contributed by atoms with E-state index in [0.29, 0.717) is 0 Å². The molecule has 0 saturated carbocycles. The summed E-state index contributed by atoms with van der Waals surface area (Å²) in [6.07, 6.45) is 0. The van der Waals surface area contributed by atoms with Crippen molar-refractivity contribution in [3.05, 3.63) is 0 Å². The zero-order valence-electron chi connectivity index (χ0n) is 10.5. The van der Waals surface area contributed by atoms with Crippen molar-refractivity contribution < 1.29 is 36.9 Å². The molecule has 1 aromatic heterocycles. The number of nitrogens with one attached hydrogen (secondary N) is 1. The summed E-state index contributed by atoms with van der Waals surface area (Å²) in [5, 5.41) is 32.7. The van der Waals surface area contributed by atoms with Crippen LogP contribution in [-0.2, 0) is 26.7 Å². The second-order valence-corrected chi connectivity index (χ2v) is 2.31. The van der Waals surface area contributed by atoms with Gasteiger partial charge in [-0.05, 0) is 19.1 Å². The predicted molar refractivity (Wildman–Crippen MR) is 59.9 cm³/mol. The number of carbonyl (C=O) groups excluding carboxylic acids is 2. The van der Waals surface area contributed by atoms with Crippen molar-refractivity contribution in [1.82, 2.24) is 20.6 Å². The van der Waals surface area contributed by atoms with E-state index in [1.165, 1.54) is 0 Å². The number of nitrogens with two attached hydrogens (primary N) is 4. The summed E-state index contributed by atoms with van der Waals surface area (Å²) < 4.78 is 0. The smallest absolute Gasteiger partial charge is 0.550 e. The molecular weight excluding hydrogens is 326 g/mol. The first-order chi connectivity index (χ1) is 8.63. The first kappa shape index (κ1) is 26.1. The molecule has 0 aliphatic carbocycles. The van der Waals surface area contributed by atoms with Crippen LogP contribution in [0.15, 0.2) is 5.10 Å². The molecule has 0 atom stereocenters. The van der Waals surface area contributed by atoms with Gasteiger partial charge in [-0.2, -0.15) is 5.21 Å². The zero-order valence-corrected chi connectivity index (χ0v) is 11.5. The van der Waals surface area contributed by atoms with E-state index in [1.54, 1.807) is 0 Å². The molecule has 0 saturated heterocycles. The molecule has 20 heavy (non-hydrogen) atoms. The molecule has 0 bridgehead atoms. The Bertz CT molecular complexity index is 345. The molecule has 0 aromatic carbocycles. The second kappa shape index (κ2) is 18.8. The van der Waals surface area contributed by atoms with E-state index in [2.05, 4.69) is 31.6 Å². The van der Waals surface area contributed by atoms with Gasteiger partial charge in [0.2, 0.25) is 5.96 Å². The third kappa shape index (κ3) is 78.0. The van der Waals surface area contributed by atoms with Crippen LogP contribution in [0.1, 0.15) is 13.8 Å². The van der Waals surface area contributed by atoms with E-state index >= 15 is 0 Å². The molecular formula is C6H15CuN9O4. The Hall–Kier alpha value is -2.60. The van der Waals surface area contributed by atoms with E-state index in [-0.39, 0.29) is 29.0 Å². The molecule has 0 aliphatic heterocycles. The second-order valence-electron chi connectivity index (χ2n) is 2.31. The number of nitrogen functional groups attached to an aromatic ring is 1. The summed E-state index contributed by atoms with van der Waals surface area (Å²) in [6, 6.07) is 0. The summed E-state index contributed by atoms with van der Waals surface area (Å²) in [7, 11) is 0. The topological polar surface area (TPSA) is 251 Å². The Morgan fingerprint density at radius 1 is 1.20 bits per heavy atom. The SMILES string of the molecule is CC(=O)[O-].CC(=O)[O-].NN=C(N)N.Nc1nn[nH]n1.[Cu+2]. The van der Waals surface area contributed by atoms with E-state index in [9.17, 15) is 0 Å². The van der Waals surface area contributed by atoms with E-state index in [0.717, 1.165) is 13.8 Å². The standard InChI is InChI=1S/2C2H4O2.CH3N5.CH6N4.Cu/c2*1-2(3)4;2-1-3-5-6-4-1;2-1(3)5-4;/h2*1H3,(H,3,4);(H3,2,3,4,5,6);4H2,(H4,2,3,5);/q;;;;+2/p-2. The number of aliphatic carboxylic acids is 2. The predicted octanol–water partition coefficient (Wildman–Crippen LogP) is -5.57. The molecule has 119 valence electrons. The van der Waals surface area contributed by atoms with Crippen LogP contribution >= 0.6 is 0 Å². The van der Waals surface area contributed by atoms with Gasteiger partial charge in [0.05, 0.1) is 0 Å². The maximum Gasteiger partial charge on any atom is 2.00 e. The number of aromatic amines is 1. The van der Waals surface area contributed by atoms with Crippen LogP contribution in [0.3, 0.4) is 0 Å². The summed E-state index contributed by atoms with van der Waals surface area (Å²) in [5.41, 5.74) is 14.4. The van der Waals surface area contributed by atoms with Gasteiger partial charge in [-0.1, -0.05) is 5.10 Å². The summed E-state index contributed by atoms with van der Waals surface area (Å²) in [5.74, 6) is 2.43. The van der Waals surface area contributed by atoms with Crippen molar-refractivity contribution >= 4 is 23.8 Å². The fourth-order valence-electron chi connectivity index (χ4n) is 0.170. The van der Waals surface area contributed by atoms with Crippen molar-refractivity contribution in [2.24, 2.45) is 22.4 Å². The molecule has 0 aliphatic rings. The van der Waals surface area contributed by atoms with Crippen molar-refractivity contribution in [1.29, 1.82) is 0 Å². The Morgan fingerprint density at radius 2 is 1.50 bits per heavy atom. The molecule has 13 nitrogen and oxygen atoms in total.